The molecule has 2 aromatic rings. The highest BCUT2D eigenvalue weighted by Gasteiger charge is 2.12. The highest BCUT2D eigenvalue weighted by atomic mass is 35.5. The van der Waals surface area contributed by atoms with Gasteiger partial charge in [0.2, 0.25) is 0 Å². The Hall–Kier alpha value is -2.07. The number of anilines is 2. The molecule has 5 heteroatoms. The van der Waals surface area contributed by atoms with Crippen LogP contribution in [0.15, 0.2) is 42.5 Å². The lowest BCUT2D eigenvalue weighted by Gasteiger charge is -2.14. The largest absolute Gasteiger partial charge is 0.382 e. The Morgan fingerprint density at radius 3 is 2.57 bits per heavy atom. The second-order valence-electron chi connectivity index (χ2n) is 4.96. The number of carbonyl (C=O) groups is 1. The number of carbonyl (C=O) groups excluding carboxylic acids is 1. The molecular formula is C16H16ClFN2O. The van der Waals surface area contributed by atoms with Gasteiger partial charge in [-0.15, -0.1) is 0 Å². The van der Waals surface area contributed by atoms with Crippen molar-refractivity contribution in [3.05, 3.63) is 58.9 Å². The molecule has 3 nitrogen and oxygen atoms in total. The van der Waals surface area contributed by atoms with Crippen molar-refractivity contribution in [3.8, 4) is 0 Å². The minimum absolute atomic E-state index is 0.197. The molecule has 0 spiro atoms. The van der Waals surface area contributed by atoms with E-state index in [1.165, 1.54) is 18.2 Å². The second-order valence-corrected chi connectivity index (χ2v) is 5.39. The first-order chi connectivity index (χ1) is 9.95. The van der Waals surface area contributed by atoms with Gasteiger partial charge in [0, 0.05) is 22.4 Å². The number of rotatable bonds is 4. The fourth-order valence-corrected chi connectivity index (χ4v) is 2.16. The average Bonchev–Trinajstić information content (AvgIpc) is 2.37. The van der Waals surface area contributed by atoms with E-state index in [9.17, 15) is 9.18 Å². The Labute approximate surface area is 128 Å². The summed E-state index contributed by atoms with van der Waals surface area (Å²) in [5, 5.41) is 6.09. The molecule has 0 aromatic heterocycles. The first kappa shape index (κ1) is 15.3. The highest BCUT2D eigenvalue weighted by Crippen LogP contribution is 2.21. The molecule has 0 aliphatic carbocycles. The quantitative estimate of drug-likeness (QED) is 0.870. The summed E-state index contributed by atoms with van der Waals surface area (Å²) in [6.07, 6.45) is 0. The molecule has 0 bridgehead atoms. The van der Waals surface area contributed by atoms with Gasteiger partial charge in [-0.2, -0.15) is 0 Å². The summed E-state index contributed by atoms with van der Waals surface area (Å²) in [7, 11) is 0. The maximum absolute atomic E-state index is 13.3. The smallest absolute Gasteiger partial charge is 0.257 e. The van der Waals surface area contributed by atoms with Crippen LogP contribution in [0.1, 0.15) is 24.2 Å². The van der Waals surface area contributed by atoms with Gasteiger partial charge in [0.25, 0.3) is 5.91 Å². The van der Waals surface area contributed by atoms with Crippen molar-refractivity contribution in [2.75, 3.05) is 10.6 Å². The van der Waals surface area contributed by atoms with E-state index in [0.29, 0.717) is 11.3 Å². The summed E-state index contributed by atoms with van der Waals surface area (Å²) < 4.78 is 13.3. The molecule has 0 fully saturated rings. The third-order valence-corrected chi connectivity index (χ3v) is 2.95. The molecule has 0 saturated heterocycles. The lowest BCUT2D eigenvalue weighted by atomic mass is 10.1. The van der Waals surface area contributed by atoms with Crippen molar-refractivity contribution in [1.82, 2.24) is 0 Å². The Morgan fingerprint density at radius 2 is 1.90 bits per heavy atom. The normalized spacial score (nSPS) is 10.5. The van der Waals surface area contributed by atoms with Crippen LogP contribution < -0.4 is 10.6 Å². The van der Waals surface area contributed by atoms with Crippen LogP contribution in [-0.2, 0) is 0 Å². The molecule has 2 rings (SSSR count). The molecule has 110 valence electrons. The molecule has 0 radical (unpaired) electrons. The fraction of sp³-hybridized carbons (Fsp3) is 0.188. The van der Waals surface area contributed by atoms with E-state index in [2.05, 4.69) is 10.6 Å². The van der Waals surface area contributed by atoms with Crippen LogP contribution in [0.4, 0.5) is 15.8 Å². The summed E-state index contributed by atoms with van der Waals surface area (Å²) >= 11 is 5.78. The van der Waals surface area contributed by atoms with Crippen LogP contribution in [0.25, 0.3) is 0 Å². The highest BCUT2D eigenvalue weighted by molar-refractivity contribution is 6.31. The molecule has 0 atom stereocenters. The van der Waals surface area contributed by atoms with E-state index in [4.69, 9.17) is 11.6 Å². The predicted octanol–water partition coefficient (Wildman–Crippen LogP) is 4.55. The van der Waals surface area contributed by atoms with Crippen LogP contribution in [0.5, 0.6) is 0 Å². The van der Waals surface area contributed by atoms with Crippen molar-refractivity contribution in [2.45, 2.75) is 19.9 Å². The number of nitrogens with one attached hydrogen (secondary N) is 2. The molecule has 0 heterocycles. The number of hydrogen-bond acceptors (Lipinski definition) is 2. The van der Waals surface area contributed by atoms with Crippen molar-refractivity contribution < 1.29 is 9.18 Å². The molecule has 0 unspecified atom stereocenters. The SMILES string of the molecule is CC(C)Nc1ccccc1C(=O)Nc1cc(F)cc(Cl)c1. The van der Waals surface area contributed by atoms with Crippen LogP contribution in [0, 0.1) is 5.82 Å². The number of benzene rings is 2. The van der Waals surface area contributed by atoms with E-state index >= 15 is 0 Å². The van der Waals surface area contributed by atoms with Gasteiger partial charge in [-0.1, -0.05) is 23.7 Å². The van der Waals surface area contributed by atoms with E-state index in [-0.39, 0.29) is 17.0 Å². The topological polar surface area (TPSA) is 41.1 Å². The average molecular weight is 307 g/mol. The van der Waals surface area contributed by atoms with Crippen molar-refractivity contribution in [3.63, 3.8) is 0 Å². The number of halogens is 2. The zero-order valence-electron chi connectivity index (χ0n) is 11.8. The van der Waals surface area contributed by atoms with Gasteiger partial charge in [0.05, 0.1) is 5.56 Å². The standard InChI is InChI=1S/C16H16ClFN2O/c1-10(2)19-15-6-4-3-5-14(15)16(21)20-13-8-11(17)7-12(18)9-13/h3-10,19H,1-2H3,(H,20,21). The number of hydrogen-bond donors (Lipinski definition) is 2. The molecule has 0 aliphatic heterocycles. The van der Waals surface area contributed by atoms with Gasteiger partial charge in [-0.3, -0.25) is 4.79 Å². The Balaban J connectivity index is 2.24. The molecule has 1 amide bonds. The van der Waals surface area contributed by atoms with Crippen molar-refractivity contribution >= 4 is 28.9 Å². The lowest BCUT2D eigenvalue weighted by molar-refractivity contribution is 0.102. The van der Waals surface area contributed by atoms with Gasteiger partial charge < -0.3 is 10.6 Å². The molecule has 0 saturated carbocycles. The Kier molecular flexibility index (Phi) is 4.81. The van der Waals surface area contributed by atoms with Crippen LogP contribution >= 0.6 is 11.6 Å². The third kappa shape index (κ3) is 4.20. The molecule has 2 aromatic carbocycles. The van der Waals surface area contributed by atoms with Crippen molar-refractivity contribution in [2.24, 2.45) is 0 Å². The lowest BCUT2D eigenvalue weighted by Crippen LogP contribution is -2.17. The first-order valence-electron chi connectivity index (χ1n) is 6.58. The van der Waals surface area contributed by atoms with Crippen molar-refractivity contribution in [1.29, 1.82) is 0 Å². The summed E-state index contributed by atoms with van der Waals surface area (Å²) in [4.78, 5) is 12.3. The Bertz CT molecular complexity index is 638. The first-order valence-corrected chi connectivity index (χ1v) is 6.96. The predicted molar refractivity (Wildman–Crippen MR) is 84.6 cm³/mol. The summed E-state index contributed by atoms with van der Waals surface area (Å²) in [6, 6.07) is 11.3. The minimum atomic E-state index is -0.494. The van der Waals surface area contributed by atoms with Crippen LogP contribution in [-0.4, -0.2) is 11.9 Å². The minimum Gasteiger partial charge on any atom is -0.382 e. The molecule has 21 heavy (non-hydrogen) atoms. The number of amides is 1. The fourth-order valence-electron chi connectivity index (χ4n) is 1.94. The zero-order chi connectivity index (χ0) is 15.4. The monoisotopic (exact) mass is 306 g/mol. The van der Waals surface area contributed by atoms with Gasteiger partial charge in [0.15, 0.2) is 0 Å². The van der Waals surface area contributed by atoms with E-state index < -0.39 is 5.82 Å². The van der Waals surface area contributed by atoms with Gasteiger partial charge in [-0.05, 0) is 44.2 Å². The Morgan fingerprint density at radius 1 is 1.19 bits per heavy atom. The third-order valence-electron chi connectivity index (χ3n) is 2.74. The summed E-state index contributed by atoms with van der Waals surface area (Å²) in [5.74, 6) is -0.813. The van der Waals surface area contributed by atoms with Gasteiger partial charge in [0.1, 0.15) is 5.82 Å². The van der Waals surface area contributed by atoms with Crippen LogP contribution in [0.2, 0.25) is 5.02 Å². The van der Waals surface area contributed by atoms with Gasteiger partial charge in [-0.25, -0.2) is 4.39 Å². The maximum Gasteiger partial charge on any atom is 0.257 e. The van der Waals surface area contributed by atoms with E-state index in [1.54, 1.807) is 12.1 Å². The second kappa shape index (κ2) is 6.59. The van der Waals surface area contributed by atoms with E-state index in [1.807, 2.05) is 26.0 Å². The molecule has 2 N–H and O–H groups in total. The zero-order valence-corrected chi connectivity index (χ0v) is 12.5. The summed E-state index contributed by atoms with van der Waals surface area (Å²) in [6.45, 7) is 3.97. The van der Waals surface area contributed by atoms with Gasteiger partial charge >= 0.3 is 0 Å². The van der Waals surface area contributed by atoms with Crippen LogP contribution in [0.3, 0.4) is 0 Å². The summed E-state index contributed by atoms with van der Waals surface area (Å²) in [5.41, 5.74) is 1.54. The molecule has 0 aliphatic rings. The van der Waals surface area contributed by atoms with E-state index in [0.717, 1.165) is 5.69 Å². The molecular weight excluding hydrogens is 291 g/mol. The number of para-hydroxylation sites is 1. The maximum atomic E-state index is 13.3.